The van der Waals surface area contributed by atoms with E-state index < -0.39 is 5.72 Å². The molecule has 1 aromatic rings. The van der Waals surface area contributed by atoms with E-state index in [9.17, 15) is 4.39 Å². The second-order valence-electron chi connectivity index (χ2n) is 6.61. The Morgan fingerprint density at radius 3 is 2.96 bits per heavy atom. The first-order valence-corrected chi connectivity index (χ1v) is 9.34. The second kappa shape index (κ2) is 5.98. The predicted octanol–water partition coefficient (Wildman–Crippen LogP) is 3.43. The SMILES string of the molecule is NC1=N[C@@]2(c3cc(NC4CCCC4)ccc3F)OCC[C@H]2CS1. The lowest BCUT2D eigenvalue weighted by Crippen LogP contribution is -2.38. The Balaban J connectivity index is 1.70. The number of ether oxygens (including phenoxy) is 1. The van der Waals surface area contributed by atoms with E-state index in [1.807, 2.05) is 12.1 Å². The molecular formula is C17H22FN3OS. The number of benzene rings is 1. The summed E-state index contributed by atoms with van der Waals surface area (Å²) in [5.41, 5.74) is 6.46. The minimum atomic E-state index is -0.938. The van der Waals surface area contributed by atoms with Crippen molar-refractivity contribution in [3.63, 3.8) is 0 Å². The molecule has 2 fully saturated rings. The van der Waals surface area contributed by atoms with Crippen molar-refractivity contribution in [1.82, 2.24) is 0 Å². The highest BCUT2D eigenvalue weighted by Crippen LogP contribution is 2.48. The minimum absolute atomic E-state index is 0.177. The zero-order chi connectivity index (χ0) is 15.9. The number of hydrogen-bond acceptors (Lipinski definition) is 5. The van der Waals surface area contributed by atoms with Gasteiger partial charge in [0.15, 0.2) is 10.9 Å². The molecule has 0 radical (unpaired) electrons. The van der Waals surface area contributed by atoms with Crippen LogP contribution in [-0.2, 0) is 10.5 Å². The van der Waals surface area contributed by atoms with Gasteiger partial charge in [0.25, 0.3) is 0 Å². The summed E-state index contributed by atoms with van der Waals surface area (Å²) in [4.78, 5) is 4.55. The zero-order valence-corrected chi connectivity index (χ0v) is 13.9. The summed E-state index contributed by atoms with van der Waals surface area (Å²) in [6, 6.07) is 5.69. The van der Waals surface area contributed by atoms with Gasteiger partial charge in [-0.2, -0.15) is 0 Å². The van der Waals surface area contributed by atoms with Gasteiger partial charge < -0.3 is 15.8 Å². The molecule has 2 heterocycles. The van der Waals surface area contributed by atoms with Crippen molar-refractivity contribution >= 4 is 22.6 Å². The van der Waals surface area contributed by atoms with E-state index >= 15 is 0 Å². The number of fused-ring (bicyclic) bond motifs is 1. The van der Waals surface area contributed by atoms with Gasteiger partial charge in [0.1, 0.15) is 5.82 Å². The summed E-state index contributed by atoms with van der Waals surface area (Å²) in [7, 11) is 0. The van der Waals surface area contributed by atoms with Crippen LogP contribution in [0.1, 0.15) is 37.7 Å². The average molecular weight is 335 g/mol. The van der Waals surface area contributed by atoms with Crippen molar-refractivity contribution < 1.29 is 9.13 Å². The van der Waals surface area contributed by atoms with Crippen LogP contribution in [0.2, 0.25) is 0 Å². The first-order valence-electron chi connectivity index (χ1n) is 8.36. The summed E-state index contributed by atoms with van der Waals surface area (Å²) in [6.07, 6.45) is 5.78. The lowest BCUT2D eigenvalue weighted by Gasteiger charge is -2.34. The topological polar surface area (TPSA) is 59.6 Å². The highest BCUT2D eigenvalue weighted by Gasteiger charge is 2.49. The molecule has 0 bridgehead atoms. The Kier molecular flexibility index (Phi) is 3.97. The number of thioether (sulfide) groups is 1. The maximum Gasteiger partial charge on any atom is 0.194 e. The largest absolute Gasteiger partial charge is 0.382 e. The van der Waals surface area contributed by atoms with Gasteiger partial charge in [0.2, 0.25) is 0 Å². The number of aliphatic imine (C=N–C) groups is 1. The Morgan fingerprint density at radius 2 is 2.13 bits per heavy atom. The highest BCUT2D eigenvalue weighted by molar-refractivity contribution is 8.13. The lowest BCUT2D eigenvalue weighted by molar-refractivity contribution is -0.0170. The molecule has 2 atom stereocenters. The minimum Gasteiger partial charge on any atom is -0.382 e. The van der Waals surface area contributed by atoms with E-state index in [1.54, 1.807) is 0 Å². The third-order valence-electron chi connectivity index (χ3n) is 5.13. The zero-order valence-electron chi connectivity index (χ0n) is 13.1. The number of nitrogens with one attached hydrogen (secondary N) is 1. The maximum absolute atomic E-state index is 14.6. The fourth-order valence-electron chi connectivity index (χ4n) is 3.93. The number of rotatable bonds is 3. The molecule has 3 N–H and O–H groups in total. The summed E-state index contributed by atoms with van der Waals surface area (Å²) < 4.78 is 20.6. The third kappa shape index (κ3) is 2.72. The van der Waals surface area contributed by atoms with E-state index in [-0.39, 0.29) is 11.7 Å². The van der Waals surface area contributed by atoms with Gasteiger partial charge in [-0.25, -0.2) is 9.38 Å². The Hall–Kier alpha value is -1.27. The molecule has 4 rings (SSSR count). The van der Waals surface area contributed by atoms with Gasteiger partial charge in [0.05, 0.1) is 6.61 Å². The van der Waals surface area contributed by atoms with Crippen molar-refractivity contribution in [1.29, 1.82) is 0 Å². The fourth-order valence-corrected chi connectivity index (χ4v) is 4.89. The van der Waals surface area contributed by atoms with Gasteiger partial charge in [0, 0.05) is 29.0 Å². The third-order valence-corrected chi connectivity index (χ3v) is 6.08. The van der Waals surface area contributed by atoms with Gasteiger partial charge >= 0.3 is 0 Å². The van der Waals surface area contributed by atoms with E-state index in [2.05, 4.69) is 10.3 Å². The van der Waals surface area contributed by atoms with Crippen molar-refractivity contribution in [2.24, 2.45) is 16.6 Å². The average Bonchev–Trinajstić information content (AvgIpc) is 3.18. The monoisotopic (exact) mass is 335 g/mol. The maximum atomic E-state index is 14.6. The fraction of sp³-hybridized carbons (Fsp3) is 0.588. The lowest BCUT2D eigenvalue weighted by atomic mass is 9.89. The molecule has 0 unspecified atom stereocenters. The number of halogens is 1. The molecule has 3 aliphatic rings. The van der Waals surface area contributed by atoms with Gasteiger partial charge in [-0.05, 0) is 37.5 Å². The molecule has 23 heavy (non-hydrogen) atoms. The smallest absolute Gasteiger partial charge is 0.194 e. The van der Waals surface area contributed by atoms with E-state index in [0.29, 0.717) is 23.4 Å². The van der Waals surface area contributed by atoms with Gasteiger partial charge in [-0.15, -0.1) is 0 Å². The van der Waals surface area contributed by atoms with Crippen molar-refractivity contribution in [2.45, 2.75) is 43.9 Å². The first-order chi connectivity index (χ1) is 11.2. The molecule has 2 aliphatic heterocycles. The first kappa shape index (κ1) is 15.3. The molecular weight excluding hydrogens is 313 g/mol. The van der Waals surface area contributed by atoms with Gasteiger partial charge in [-0.3, -0.25) is 0 Å². The van der Waals surface area contributed by atoms with Crippen LogP contribution < -0.4 is 11.1 Å². The molecule has 0 spiro atoms. The van der Waals surface area contributed by atoms with Crippen LogP contribution in [0.4, 0.5) is 10.1 Å². The number of amidine groups is 1. The van der Waals surface area contributed by atoms with E-state index in [0.717, 1.165) is 17.9 Å². The summed E-state index contributed by atoms with van der Waals surface area (Å²) >= 11 is 1.53. The molecule has 0 aromatic heterocycles. The van der Waals surface area contributed by atoms with Crippen LogP contribution in [0, 0.1) is 11.7 Å². The molecule has 1 aliphatic carbocycles. The molecule has 124 valence electrons. The molecule has 1 saturated heterocycles. The Bertz CT molecular complexity index is 632. The van der Waals surface area contributed by atoms with E-state index in [4.69, 9.17) is 10.5 Å². The quantitative estimate of drug-likeness (QED) is 0.888. The molecule has 4 nitrogen and oxygen atoms in total. The highest BCUT2D eigenvalue weighted by atomic mass is 32.2. The van der Waals surface area contributed by atoms with Crippen LogP contribution in [0.25, 0.3) is 0 Å². The van der Waals surface area contributed by atoms with E-state index in [1.165, 1.54) is 43.5 Å². The summed E-state index contributed by atoms with van der Waals surface area (Å²) in [5.74, 6) is 0.739. The predicted molar refractivity (Wildman–Crippen MR) is 92.1 cm³/mol. The van der Waals surface area contributed by atoms with Crippen LogP contribution in [0.3, 0.4) is 0 Å². The Morgan fingerprint density at radius 1 is 1.30 bits per heavy atom. The van der Waals surface area contributed by atoms with Crippen molar-refractivity contribution in [3.05, 3.63) is 29.6 Å². The molecule has 0 amide bonds. The number of hydrogen-bond donors (Lipinski definition) is 2. The number of nitrogens with zero attached hydrogens (tertiary/aromatic N) is 1. The molecule has 1 saturated carbocycles. The van der Waals surface area contributed by atoms with Crippen molar-refractivity contribution in [2.75, 3.05) is 17.7 Å². The second-order valence-corrected chi connectivity index (χ2v) is 7.65. The van der Waals surface area contributed by atoms with Crippen molar-refractivity contribution in [3.8, 4) is 0 Å². The summed E-state index contributed by atoms with van der Waals surface area (Å²) in [6.45, 7) is 0.599. The van der Waals surface area contributed by atoms with Gasteiger partial charge in [-0.1, -0.05) is 24.6 Å². The van der Waals surface area contributed by atoms with Crippen LogP contribution >= 0.6 is 11.8 Å². The molecule has 1 aromatic carbocycles. The van der Waals surface area contributed by atoms with Crippen LogP contribution in [0.15, 0.2) is 23.2 Å². The Labute approximate surface area is 140 Å². The number of nitrogens with two attached hydrogens (primary N) is 1. The van der Waals surface area contributed by atoms with Crippen LogP contribution in [-0.4, -0.2) is 23.6 Å². The van der Waals surface area contributed by atoms with Crippen LogP contribution in [0.5, 0.6) is 0 Å². The summed E-state index contributed by atoms with van der Waals surface area (Å²) in [5, 5.41) is 4.01. The normalized spacial score (nSPS) is 31.0. The molecule has 6 heteroatoms. The number of anilines is 1. The standard InChI is InChI=1S/C17H22FN3OS/c18-15-6-5-13(20-12-3-1-2-4-12)9-14(15)17-11(7-8-22-17)10-23-16(19)21-17/h5-6,9,11-12,20H,1-4,7-8,10H2,(H2,19,21)/t11-,17+/m0/s1.